The normalized spacial score (nSPS) is 10.5. The van der Waals surface area contributed by atoms with Crippen LogP contribution in [0.3, 0.4) is 0 Å². The largest absolute Gasteiger partial charge is 0.352 e. The summed E-state index contributed by atoms with van der Waals surface area (Å²) in [6.45, 7) is 0.487. The van der Waals surface area contributed by atoms with Crippen molar-refractivity contribution in [3.05, 3.63) is 46.2 Å². The van der Waals surface area contributed by atoms with E-state index >= 15 is 0 Å². The van der Waals surface area contributed by atoms with Gasteiger partial charge >= 0.3 is 0 Å². The van der Waals surface area contributed by atoms with Gasteiger partial charge in [0.25, 0.3) is 5.91 Å². The van der Waals surface area contributed by atoms with Crippen molar-refractivity contribution in [1.82, 2.24) is 19.9 Å². The fraction of sp³-hybridized carbons (Fsp3) is 0.250. The number of imidazole rings is 1. The molecule has 0 radical (unpaired) electrons. The molecular weight excluding hydrogens is 287 g/mol. The molecule has 0 saturated carbocycles. The highest BCUT2D eigenvalue weighted by Gasteiger charge is 2.08. The maximum atomic E-state index is 11.9. The van der Waals surface area contributed by atoms with Gasteiger partial charge in [0.05, 0.1) is 0 Å². The predicted octanol–water partition coefficient (Wildman–Crippen LogP) is 2.09. The second kappa shape index (κ2) is 6.04. The van der Waals surface area contributed by atoms with Crippen LogP contribution in [0, 0.1) is 0 Å². The molecule has 0 aliphatic rings. The third kappa shape index (κ3) is 3.68. The Bertz CT molecular complexity index is 577. The Morgan fingerprint density at radius 1 is 1.37 bits per heavy atom. The van der Waals surface area contributed by atoms with E-state index in [1.54, 1.807) is 6.20 Å². The number of carbonyl (C=O) groups excluding carboxylic acids is 1. The van der Waals surface area contributed by atoms with Crippen molar-refractivity contribution in [2.24, 2.45) is 7.05 Å². The van der Waals surface area contributed by atoms with E-state index in [1.165, 1.54) is 12.1 Å². The first kappa shape index (κ1) is 13.8. The highest BCUT2D eigenvalue weighted by molar-refractivity contribution is 6.33. The Morgan fingerprint density at radius 2 is 2.05 bits per heavy atom. The first-order valence-corrected chi connectivity index (χ1v) is 6.39. The molecule has 5 nitrogen and oxygen atoms in total. The Balaban J connectivity index is 1.92. The maximum Gasteiger partial charge on any atom is 0.251 e. The SMILES string of the molecule is Cn1ccnc1CCNC(=O)c1cc(Cl)nc(Cl)c1. The average molecular weight is 299 g/mol. The van der Waals surface area contributed by atoms with Crippen LogP contribution in [0.15, 0.2) is 24.5 Å². The lowest BCUT2D eigenvalue weighted by Gasteiger charge is -2.06. The summed E-state index contributed by atoms with van der Waals surface area (Å²) in [4.78, 5) is 19.8. The summed E-state index contributed by atoms with van der Waals surface area (Å²) in [7, 11) is 1.91. The molecule has 0 aromatic carbocycles. The summed E-state index contributed by atoms with van der Waals surface area (Å²) < 4.78 is 1.91. The molecule has 1 amide bonds. The van der Waals surface area contributed by atoms with Gasteiger partial charge < -0.3 is 9.88 Å². The summed E-state index contributed by atoms with van der Waals surface area (Å²) in [6.07, 6.45) is 4.24. The monoisotopic (exact) mass is 298 g/mol. The fourth-order valence-electron chi connectivity index (χ4n) is 1.62. The van der Waals surface area contributed by atoms with Crippen molar-refractivity contribution in [2.45, 2.75) is 6.42 Å². The van der Waals surface area contributed by atoms with E-state index in [0.29, 0.717) is 18.5 Å². The van der Waals surface area contributed by atoms with E-state index in [2.05, 4.69) is 15.3 Å². The van der Waals surface area contributed by atoms with Crippen LogP contribution in [0.2, 0.25) is 10.3 Å². The molecular formula is C12H12Cl2N4O. The number of rotatable bonds is 4. The maximum absolute atomic E-state index is 11.9. The van der Waals surface area contributed by atoms with E-state index in [-0.39, 0.29) is 16.2 Å². The zero-order chi connectivity index (χ0) is 13.8. The quantitative estimate of drug-likeness (QED) is 0.879. The minimum Gasteiger partial charge on any atom is -0.352 e. The number of aromatic nitrogens is 3. The molecule has 2 aromatic heterocycles. The van der Waals surface area contributed by atoms with Gasteiger partial charge in [-0.2, -0.15) is 0 Å². The third-order valence-corrected chi connectivity index (χ3v) is 2.97. The Kier molecular flexibility index (Phi) is 4.39. The van der Waals surface area contributed by atoms with Crippen molar-refractivity contribution in [3.8, 4) is 0 Å². The van der Waals surface area contributed by atoms with Crippen molar-refractivity contribution in [1.29, 1.82) is 0 Å². The number of carbonyl (C=O) groups is 1. The highest BCUT2D eigenvalue weighted by Crippen LogP contribution is 2.14. The molecule has 2 heterocycles. The van der Waals surface area contributed by atoms with Crippen molar-refractivity contribution in [3.63, 3.8) is 0 Å². The van der Waals surface area contributed by atoms with E-state index in [4.69, 9.17) is 23.2 Å². The van der Waals surface area contributed by atoms with E-state index in [0.717, 1.165) is 5.82 Å². The number of hydrogen-bond acceptors (Lipinski definition) is 3. The van der Waals surface area contributed by atoms with Crippen LogP contribution in [0.4, 0.5) is 0 Å². The first-order valence-electron chi connectivity index (χ1n) is 5.64. The van der Waals surface area contributed by atoms with Gasteiger partial charge in [-0.25, -0.2) is 9.97 Å². The number of halogens is 2. The summed E-state index contributed by atoms with van der Waals surface area (Å²) in [5, 5.41) is 3.17. The van der Waals surface area contributed by atoms with Gasteiger partial charge in [0.15, 0.2) is 0 Å². The Morgan fingerprint density at radius 3 is 2.63 bits per heavy atom. The minimum atomic E-state index is -0.236. The van der Waals surface area contributed by atoms with E-state index in [1.807, 2.05) is 17.8 Å². The minimum absolute atomic E-state index is 0.196. The molecule has 100 valence electrons. The zero-order valence-electron chi connectivity index (χ0n) is 10.2. The molecule has 0 bridgehead atoms. The topological polar surface area (TPSA) is 59.8 Å². The lowest BCUT2D eigenvalue weighted by atomic mass is 10.2. The molecule has 0 spiro atoms. The van der Waals surface area contributed by atoms with Gasteiger partial charge in [0.1, 0.15) is 16.1 Å². The molecule has 0 saturated heterocycles. The van der Waals surface area contributed by atoms with E-state index in [9.17, 15) is 4.79 Å². The number of hydrogen-bond donors (Lipinski definition) is 1. The number of aryl methyl sites for hydroxylation is 1. The molecule has 0 fully saturated rings. The Labute approximate surface area is 120 Å². The van der Waals surface area contributed by atoms with Crippen LogP contribution in [0.1, 0.15) is 16.2 Å². The second-order valence-electron chi connectivity index (χ2n) is 3.96. The molecule has 7 heteroatoms. The van der Waals surface area contributed by atoms with Crippen LogP contribution >= 0.6 is 23.2 Å². The lowest BCUT2D eigenvalue weighted by Crippen LogP contribution is -2.26. The van der Waals surface area contributed by atoms with Gasteiger partial charge in [-0.1, -0.05) is 23.2 Å². The molecule has 19 heavy (non-hydrogen) atoms. The summed E-state index contributed by atoms with van der Waals surface area (Å²) in [5.41, 5.74) is 0.393. The molecule has 0 unspecified atom stereocenters. The number of pyridine rings is 1. The summed E-state index contributed by atoms with van der Waals surface area (Å²) >= 11 is 11.5. The van der Waals surface area contributed by atoms with E-state index < -0.39 is 0 Å². The molecule has 1 N–H and O–H groups in total. The molecule has 0 atom stereocenters. The summed E-state index contributed by atoms with van der Waals surface area (Å²) in [5.74, 6) is 0.673. The number of nitrogens with zero attached hydrogens (tertiary/aromatic N) is 3. The van der Waals surface area contributed by atoms with Crippen LogP contribution in [0.25, 0.3) is 0 Å². The Hall–Kier alpha value is -1.59. The highest BCUT2D eigenvalue weighted by atomic mass is 35.5. The van der Waals surface area contributed by atoms with Crippen molar-refractivity contribution < 1.29 is 4.79 Å². The van der Waals surface area contributed by atoms with Crippen LogP contribution in [0.5, 0.6) is 0 Å². The average Bonchev–Trinajstić information content (AvgIpc) is 2.74. The molecule has 0 aliphatic carbocycles. The zero-order valence-corrected chi connectivity index (χ0v) is 11.7. The predicted molar refractivity (Wildman–Crippen MR) is 73.5 cm³/mol. The van der Waals surface area contributed by atoms with Crippen LogP contribution < -0.4 is 5.32 Å². The fourth-order valence-corrected chi connectivity index (χ4v) is 2.08. The third-order valence-electron chi connectivity index (χ3n) is 2.58. The second-order valence-corrected chi connectivity index (χ2v) is 4.74. The smallest absolute Gasteiger partial charge is 0.251 e. The standard InChI is InChI=1S/C12H12Cl2N4O/c1-18-5-4-15-11(18)2-3-16-12(19)8-6-9(13)17-10(14)7-8/h4-7H,2-3H2,1H3,(H,16,19). The van der Waals surface area contributed by atoms with Gasteiger partial charge in [0, 0.05) is 38.0 Å². The molecule has 2 rings (SSSR count). The number of amides is 1. The summed E-state index contributed by atoms with van der Waals surface area (Å²) in [6, 6.07) is 2.95. The number of nitrogens with one attached hydrogen (secondary N) is 1. The van der Waals surface area contributed by atoms with Gasteiger partial charge in [-0.05, 0) is 12.1 Å². The van der Waals surface area contributed by atoms with Crippen molar-refractivity contribution in [2.75, 3.05) is 6.54 Å². The lowest BCUT2D eigenvalue weighted by molar-refractivity contribution is 0.0954. The van der Waals surface area contributed by atoms with Crippen molar-refractivity contribution >= 4 is 29.1 Å². The molecule has 2 aromatic rings. The molecule has 0 aliphatic heterocycles. The van der Waals surface area contributed by atoms with Crippen LogP contribution in [-0.2, 0) is 13.5 Å². The van der Waals surface area contributed by atoms with Crippen LogP contribution in [-0.4, -0.2) is 27.0 Å². The van der Waals surface area contributed by atoms with Gasteiger partial charge in [0.2, 0.25) is 0 Å². The first-order chi connectivity index (χ1) is 9.06. The van der Waals surface area contributed by atoms with Gasteiger partial charge in [-0.3, -0.25) is 4.79 Å². The van der Waals surface area contributed by atoms with Gasteiger partial charge in [-0.15, -0.1) is 0 Å².